The number of allylic oxidation sites excluding steroid dienone is 2. The van der Waals surface area contributed by atoms with Crippen LogP contribution in [0.15, 0.2) is 59.7 Å². The normalized spacial score (nSPS) is 13.1. The molecule has 46 heavy (non-hydrogen) atoms. The summed E-state index contributed by atoms with van der Waals surface area (Å²) >= 11 is 1.82. The molecule has 0 saturated heterocycles. The Morgan fingerprint density at radius 1 is 0.478 bits per heavy atom. The summed E-state index contributed by atoms with van der Waals surface area (Å²) < 4.78 is 1.57. The minimum absolute atomic E-state index is 1.02. The number of nitrogens with zero attached hydrogens (tertiary/aromatic N) is 2. The van der Waals surface area contributed by atoms with Gasteiger partial charge in [-0.05, 0) is 86.8 Å². The third kappa shape index (κ3) is 14.0. The van der Waals surface area contributed by atoms with E-state index < -0.39 is 0 Å². The van der Waals surface area contributed by atoms with Crippen molar-refractivity contribution in [3.8, 4) is 0 Å². The SMILES string of the molecule is CCCCCCCCc1cccc(C2=C(CCCCCC)C(CCCCC)=C(c3ccc(CCCC)cc3)[N+]2=[N-])c1.C[CH2][Ni][CH2]C. The summed E-state index contributed by atoms with van der Waals surface area (Å²) in [6, 6.07) is 18.1. The van der Waals surface area contributed by atoms with E-state index >= 15 is 0 Å². The van der Waals surface area contributed by atoms with Crippen molar-refractivity contribution >= 4 is 11.4 Å². The standard InChI is InChI=1S/C39H58N2.2C2H5.Ni/c1-5-9-13-15-16-18-22-33-23-20-24-35(31-33)39-37(26-19-14-10-6-2)36(25-17-11-7-3)38(41(39)40)34-29-27-32(28-30-34)21-12-8-4;2*1-2;/h20,23-24,27-31H,5-19,21-22,25-26H2,1-4H3;2*1H2,2H3;. The molecule has 2 aromatic carbocycles. The van der Waals surface area contributed by atoms with Gasteiger partial charge in [0.1, 0.15) is 0 Å². The van der Waals surface area contributed by atoms with Crippen LogP contribution in [0.3, 0.4) is 0 Å². The van der Waals surface area contributed by atoms with Gasteiger partial charge in [-0.15, -0.1) is 0 Å². The number of aryl methyl sites for hydroxylation is 2. The molecule has 0 fully saturated rings. The Morgan fingerprint density at radius 3 is 1.54 bits per heavy atom. The first-order valence-corrected chi connectivity index (χ1v) is 20.5. The molecule has 0 saturated carbocycles. The number of rotatable bonds is 23. The Hall–Kier alpha value is -1.99. The van der Waals surface area contributed by atoms with Crippen LogP contribution < -0.4 is 0 Å². The number of benzene rings is 2. The number of hydrogen-bond donors (Lipinski definition) is 0. The topological polar surface area (TPSA) is 25.3 Å². The van der Waals surface area contributed by atoms with Crippen LogP contribution in [0.5, 0.6) is 0 Å². The van der Waals surface area contributed by atoms with Crippen molar-refractivity contribution in [2.75, 3.05) is 0 Å². The fourth-order valence-electron chi connectivity index (χ4n) is 6.42. The van der Waals surface area contributed by atoms with Crippen LogP contribution in [-0.2, 0) is 27.3 Å². The van der Waals surface area contributed by atoms with Gasteiger partial charge in [-0.25, -0.2) is 4.70 Å². The van der Waals surface area contributed by atoms with E-state index in [2.05, 4.69) is 90.1 Å². The number of unbranched alkanes of at least 4 members (excludes halogenated alkanes) is 11. The molecule has 1 aliphatic heterocycles. The summed E-state index contributed by atoms with van der Waals surface area (Å²) in [7, 11) is 0. The molecule has 0 aliphatic carbocycles. The zero-order chi connectivity index (χ0) is 33.4. The van der Waals surface area contributed by atoms with Crippen LogP contribution in [0.4, 0.5) is 0 Å². The maximum atomic E-state index is 12.0. The van der Waals surface area contributed by atoms with E-state index in [0.717, 1.165) is 42.6 Å². The van der Waals surface area contributed by atoms with Gasteiger partial charge in [0.15, 0.2) is 0 Å². The van der Waals surface area contributed by atoms with Crippen LogP contribution in [-0.4, -0.2) is 4.70 Å². The molecular weight excluding hydrogens is 603 g/mol. The van der Waals surface area contributed by atoms with Crippen molar-refractivity contribution in [1.29, 1.82) is 0 Å². The van der Waals surface area contributed by atoms with Crippen molar-refractivity contribution in [2.45, 2.75) is 174 Å². The van der Waals surface area contributed by atoms with Gasteiger partial charge in [0.25, 0.3) is 0 Å². The molecule has 0 amide bonds. The molecule has 3 rings (SSSR count). The van der Waals surface area contributed by atoms with E-state index in [9.17, 15) is 5.53 Å². The number of hydrogen-bond acceptors (Lipinski definition) is 0. The summed E-state index contributed by atoms with van der Waals surface area (Å²) in [6.45, 7) is 13.5. The zero-order valence-electron chi connectivity index (χ0n) is 30.7. The van der Waals surface area contributed by atoms with E-state index in [0.29, 0.717) is 0 Å². The van der Waals surface area contributed by atoms with Crippen LogP contribution in [0.2, 0.25) is 10.8 Å². The second kappa shape index (κ2) is 25.1. The predicted octanol–water partition coefficient (Wildman–Crippen LogP) is 14.6. The second-order valence-electron chi connectivity index (χ2n) is 12.9. The predicted molar refractivity (Wildman–Crippen MR) is 200 cm³/mol. The van der Waals surface area contributed by atoms with Gasteiger partial charge in [-0.2, -0.15) is 0 Å². The summed E-state index contributed by atoms with van der Waals surface area (Å²) in [4.78, 5) is 0. The van der Waals surface area contributed by atoms with Crippen molar-refractivity contribution < 1.29 is 19.1 Å². The van der Waals surface area contributed by atoms with E-state index in [4.69, 9.17) is 0 Å². The van der Waals surface area contributed by atoms with Gasteiger partial charge in [-0.1, -0.05) is 123 Å². The van der Waals surface area contributed by atoms with Crippen molar-refractivity contribution in [2.24, 2.45) is 0 Å². The Kier molecular flexibility index (Phi) is 21.9. The fraction of sp³-hybridized carbons (Fsp3) is 0.628. The molecule has 0 aromatic heterocycles. The van der Waals surface area contributed by atoms with E-state index in [-0.39, 0.29) is 0 Å². The average molecular weight is 672 g/mol. The molecule has 2 nitrogen and oxygen atoms in total. The zero-order valence-corrected chi connectivity index (χ0v) is 31.7. The van der Waals surface area contributed by atoms with E-state index in [1.165, 1.54) is 135 Å². The minimum atomic E-state index is 1.02. The quantitative estimate of drug-likeness (QED) is 0.0638. The second-order valence-corrected chi connectivity index (χ2v) is 14.7. The first kappa shape index (κ1) is 40.2. The van der Waals surface area contributed by atoms with Gasteiger partial charge in [-0.3, -0.25) is 0 Å². The van der Waals surface area contributed by atoms with Crippen molar-refractivity contribution in [3.63, 3.8) is 0 Å². The first-order chi connectivity index (χ1) is 22.6. The third-order valence-electron chi connectivity index (χ3n) is 9.05. The molecule has 3 heteroatoms. The van der Waals surface area contributed by atoms with Crippen molar-refractivity contribution in [3.05, 3.63) is 87.5 Å². The fourth-order valence-corrected chi connectivity index (χ4v) is 6.91. The van der Waals surface area contributed by atoms with Crippen LogP contribution in [0.1, 0.15) is 173 Å². The Labute approximate surface area is 291 Å². The van der Waals surface area contributed by atoms with Gasteiger partial charge >= 0.3 is 39.1 Å². The van der Waals surface area contributed by atoms with Gasteiger partial charge in [0, 0.05) is 22.3 Å². The molecule has 0 unspecified atom stereocenters. The summed E-state index contributed by atoms with van der Waals surface area (Å²) in [5.41, 5.74) is 21.9. The molecule has 0 N–H and O–H groups in total. The molecular formula is C43H68N2Ni. The molecule has 2 aromatic rings. The third-order valence-corrected chi connectivity index (χ3v) is 10.0. The molecule has 0 spiro atoms. The Balaban J connectivity index is 0.00000136. The molecule has 0 bridgehead atoms. The Morgan fingerprint density at radius 2 is 0.957 bits per heavy atom. The van der Waals surface area contributed by atoms with Crippen LogP contribution >= 0.6 is 0 Å². The molecule has 1 heterocycles. The van der Waals surface area contributed by atoms with E-state index in [1.807, 2.05) is 14.4 Å². The van der Waals surface area contributed by atoms with Gasteiger partial charge < -0.3 is 5.53 Å². The van der Waals surface area contributed by atoms with Gasteiger partial charge in [0.05, 0.1) is 0 Å². The maximum absolute atomic E-state index is 12.0. The molecule has 0 radical (unpaired) electrons. The summed E-state index contributed by atoms with van der Waals surface area (Å²) in [5.74, 6) is 0. The molecule has 260 valence electrons. The Bertz CT molecular complexity index is 1170. The first-order valence-electron chi connectivity index (χ1n) is 19.1. The van der Waals surface area contributed by atoms with E-state index in [1.54, 1.807) is 4.70 Å². The average Bonchev–Trinajstić information content (AvgIpc) is 3.35. The monoisotopic (exact) mass is 670 g/mol. The van der Waals surface area contributed by atoms with Crippen molar-refractivity contribution in [1.82, 2.24) is 0 Å². The summed E-state index contributed by atoms with van der Waals surface area (Å²) in [6.07, 6.45) is 23.2. The van der Waals surface area contributed by atoms with Crippen LogP contribution in [0, 0.1) is 0 Å². The molecule has 0 atom stereocenters. The molecule has 1 aliphatic rings. The van der Waals surface area contributed by atoms with Crippen LogP contribution in [0.25, 0.3) is 16.9 Å². The van der Waals surface area contributed by atoms with Gasteiger partial charge in [0.2, 0.25) is 11.4 Å². The summed E-state index contributed by atoms with van der Waals surface area (Å²) in [5, 5.41) is 2.56.